The fourth-order valence-electron chi connectivity index (χ4n) is 1.62. The molecule has 0 aliphatic rings. The van der Waals surface area contributed by atoms with Gasteiger partial charge in [0.15, 0.2) is 0 Å². The Bertz CT molecular complexity index is 525. The van der Waals surface area contributed by atoms with Gasteiger partial charge in [-0.2, -0.15) is 0 Å². The van der Waals surface area contributed by atoms with Gasteiger partial charge in [-0.05, 0) is 11.6 Å². The number of aliphatic hydroxyl groups is 1. The summed E-state index contributed by atoms with van der Waals surface area (Å²) in [5.74, 6) is 0. The second kappa shape index (κ2) is 5.08. The summed E-state index contributed by atoms with van der Waals surface area (Å²) in [5, 5.41) is 11.0. The van der Waals surface area contributed by atoms with E-state index >= 15 is 0 Å². The standard InChI is InChI=1S/C12H12Cl2N2O/c1-16-6-10(15-7-16)11(17)5-8-3-2-4-9(13)12(8)14/h2-4,6-7,11,17H,5H2,1H3. The molecule has 0 fully saturated rings. The van der Waals surface area contributed by atoms with Gasteiger partial charge in [0.2, 0.25) is 0 Å². The van der Waals surface area contributed by atoms with Gasteiger partial charge in [-0.25, -0.2) is 4.98 Å². The van der Waals surface area contributed by atoms with Crippen LogP contribution in [0.2, 0.25) is 10.0 Å². The zero-order chi connectivity index (χ0) is 12.4. The first kappa shape index (κ1) is 12.4. The van der Waals surface area contributed by atoms with E-state index < -0.39 is 6.10 Å². The van der Waals surface area contributed by atoms with Gasteiger partial charge < -0.3 is 9.67 Å². The number of imidazole rings is 1. The molecule has 90 valence electrons. The SMILES string of the molecule is Cn1cnc(C(O)Cc2cccc(Cl)c2Cl)c1. The van der Waals surface area contributed by atoms with Crippen LogP contribution in [0.5, 0.6) is 0 Å². The summed E-state index contributed by atoms with van der Waals surface area (Å²) >= 11 is 12.0. The molecular formula is C12H12Cl2N2O. The highest BCUT2D eigenvalue weighted by Crippen LogP contribution is 2.28. The van der Waals surface area contributed by atoms with Gasteiger partial charge >= 0.3 is 0 Å². The molecule has 0 saturated heterocycles. The van der Waals surface area contributed by atoms with Crippen molar-refractivity contribution >= 4 is 23.2 Å². The Morgan fingerprint density at radius 3 is 2.82 bits per heavy atom. The van der Waals surface area contributed by atoms with Gasteiger partial charge in [0.05, 0.1) is 22.1 Å². The first-order chi connectivity index (χ1) is 8.08. The van der Waals surface area contributed by atoms with Crippen LogP contribution in [-0.2, 0) is 13.5 Å². The maximum atomic E-state index is 10.0. The molecule has 0 spiro atoms. The molecule has 1 N–H and O–H groups in total. The van der Waals surface area contributed by atoms with Crippen molar-refractivity contribution in [3.63, 3.8) is 0 Å². The number of aryl methyl sites for hydroxylation is 1. The molecule has 0 amide bonds. The van der Waals surface area contributed by atoms with E-state index in [9.17, 15) is 5.11 Å². The van der Waals surface area contributed by atoms with Gasteiger partial charge in [0, 0.05) is 19.7 Å². The molecular weight excluding hydrogens is 259 g/mol. The maximum Gasteiger partial charge on any atom is 0.102 e. The lowest BCUT2D eigenvalue weighted by atomic mass is 10.1. The highest BCUT2D eigenvalue weighted by Gasteiger charge is 2.14. The van der Waals surface area contributed by atoms with Gasteiger partial charge in [0.25, 0.3) is 0 Å². The lowest BCUT2D eigenvalue weighted by molar-refractivity contribution is 0.174. The van der Waals surface area contributed by atoms with E-state index in [4.69, 9.17) is 23.2 Å². The lowest BCUT2D eigenvalue weighted by Crippen LogP contribution is -2.02. The monoisotopic (exact) mass is 270 g/mol. The fraction of sp³-hybridized carbons (Fsp3) is 0.250. The minimum absolute atomic E-state index is 0.399. The highest BCUT2D eigenvalue weighted by molar-refractivity contribution is 6.42. The molecule has 0 radical (unpaired) electrons. The van der Waals surface area contributed by atoms with Crippen LogP contribution in [0.25, 0.3) is 0 Å². The summed E-state index contributed by atoms with van der Waals surface area (Å²) in [4.78, 5) is 4.10. The number of aliphatic hydroxyl groups excluding tert-OH is 1. The van der Waals surface area contributed by atoms with Crippen LogP contribution in [0.3, 0.4) is 0 Å². The van der Waals surface area contributed by atoms with Crippen LogP contribution in [0, 0.1) is 0 Å². The first-order valence-electron chi connectivity index (χ1n) is 5.16. The molecule has 1 atom stereocenters. The molecule has 3 nitrogen and oxygen atoms in total. The average Bonchev–Trinajstić information content (AvgIpc) is 2.72. The number of rotatable bonds is 3. The van der Waals surface area contributed by atoms with Crippen molar-refractivity contribution in [3.8, 4) is 0 Å². The molecule has 1 aromatic heterocycles. The summed E-state index contributed by atoms with van der Waals surface area (Å²) in [6, 6.07) is 5.38. The highest BCUT2D eigenvalue weighted by atomic mass is 35.5. The Hall–Kier alpha value is -1.03. The molecule has 2 rings (SSSR count). The zero-order valence-electron chi connectivity index (χ0n) is 9.27. The Morgan fingerprint density at radius 1 is 1.41 bits per heavy atom. The van der Waals surface area contributed by atoms with E-state index in [1.807, 2.05) is 19.2 Å². The average molecular weight is 271 g/mol. The predicted octanol–water partition coefficient (Wildman–Crippen LogP) is 3.00. The first-order valence-corrected chi connectivity index (χ1v) is 5.92. The number of nitrogens with zero attached hydrogens (tertiary/aromatic N) is 2. The largest absolute Gasteiger partial charge is 0.386 e. The minimum atomic E-state index is -0.674. The lowest BCUT2D eigenvalue weighted by Gasteiger charge is -2.10. The Morgan fingerprint density at radius 2 is 2.18 bits per heavy atom. The van der Waals surface area contributed by atoms with E-state index in [0.717, 1.165) is 5.56 Å². The predicted molar refractivity (Wildman–Crippen MR) is 68.3 cm³/mol. The topological polar surface area (TPSA) is 38.0 Å². The Balaban J connectivity index is 2.18. The summed E-state index contributed by atoms with van der Waals surface area (Å²) in [6.07, 6.45) is 3.16. The second-order valence-electron chi connectivity index (χ2n) is 3.90. The molecule has 0 aliphatic carbocycles. The number of aromatic nitrogens is 2. The summed E-state index contributed by atoms with van der Waals surface area (Å²) in [7, 11) is 1.86. The molecule has 1 unspecified atom stereocenters. The van der Waals surface area contributed by atoms with Crippen molar-refractivity contribution in [2.45, 2.75) is 12.5 Å². The summed E-state index contributed by atoms with van der Waals surface area (Å²) in [5.41, 5.74) is 1.45. The minimum Gasteiger partial charge on any atom is -0.386 e. The molecule has 17 heavy (non-hydrogen) atoms. The van der Waals surface area contributed by atoms with Crippen LogP contribution in [0.1, 0.15) is 17.4 Å². The second-order valence-corrected chi connectivity index (χ2v) is 4.68. The third-order valence-electron chi connectivity index (χ3n) is 2.51. The molecule has 0 saturated carbocycles. The number of hydrogen-bond donors (Lipinski definition) is 1. The van der Waals surface area contributed by atoms with E-state index in [2.05, 4.69) is 4.98 Å². The van der Waals surface area contributed by atoms with Crippen molar-refractivity contribution in [1.29, 1.82) is 0 Å². The van der Waals surface area contributed by atoms with Gasteiger partial charge in [0.1, 0.15) is 6.10 Å². The Kier molecular flexibility index (Phi) is 3.72. The van der Waals surface area contributed by atoms with Gasteiger partial charge in [-0.3, -0.25) is 0 Å². The van der Waals surface area contributed by atoms with Crippen molar-refractivity contribution in [2.75, 3.05) is 0 Å². The van der Waals surface area contributed by atoms with Crippen LogP contribution in [0.4, 0.5) is 0 Å². The van der Waals surface area contributed by atoms with E-state index in [1.54, 1.807) is 23.2 Å². The van der Waals surface area contributed by atoms with E-state index in [0.29, 0.717) is 22.2 Å². The number of hydrogen-bond acceptors (Lipinski definition) is 2. The van der Waals surface area contributed by atoms with Crippen LogP contribution in [-0.4, -0.2) is 14.7 Å². The summed E-state index contributed by atoms with van der Waals surface area (Å²) < 4.78 is 1.79. The zero-order valence-corrected chi connectivity index (χ0v) is 10.8. The molecule has 1 heterocycles. The molecule has 0 bridgehead atoms. The smallest absolute Gasteiger partial charge is 0.102 e. The van der Waals surface area contributed by atoms with Gasteiger partial charge in [-0.15, -0.1) is 0 Å². The van der Waals surface area contributed by atoms with Crippen LogP contribution >= 0.6 is 23.2 Å². The van der Waals surface area contributed by atoms with Crippen molar-refractivity contribution in [3.05, 3.63) is 52.0 Å². The van der Waals surface area contributed by atoms with Crippen molar-refractivity contribution in [1.82, 2.24) is 9.55 Å². The molecule has 1 aromatic carbocycles. The molecule has 2 aromatic rings. The van der Waals surface area contributed by atoms with Crippen molar-refractivity contribution < 1.29 is 5.11 Å². The number of halogens is 2. The van der Waals surface area contributed by atoms with Gasteiger partial charge in [-0.1, -0.05) is 35.3 Å². The fourth-order valence-corrected chi connectivity index (χ4v) is 2.02. The number of benzene rings is 1. The van der Waals surface area contributed by atoms with Crippen LogP contribution < -0.4 is 0 Å². The molecule has 0 aliphatic heterocycles. The van der Waals surface area contributed by atoms with E-state index in [1.165, 1.54) is 0 Å². The normalized spacial score (nSPS) is 12.7. The molecule has 5 heteroatoms. The van der Waals surface area contributed by atoms with E-state index in [-0.39, 0.29) is 0 Å². The third kappa shape index (κ3) is 2.80. The maximum absolute atomic E-state index is 10.0. The van der Waals surface area contributed by atoms with Crippen molar-refractivity contribution in [2.24, 2.45) is 7.05 Å². The third-order valence-corrected chi connectivity index (χ3v) is 3.37. The Labute approximate surface area is 110 Å². The summed E-state index contributed by atoms with van der Waals surface area (Å²) in [6.45, 7) is 0. The quantitative estimate of drug-likeness (QED) is 0.931. The van der Waals surface area contributed by atoms with Crippen LogP contribution in [0.15, 0.2) is 30.7 Å².